The van der Waals surface area contributed by atoms with Crippen LogP contribution in [-0.4, -0.2) is 16.7 Å². The van der Waals surface area contributed by atoms with E-state index >= 15 is 0 Å². The number of nitrogens with zero attached hydrogens (tertiary/aromatic N) is 2. The van der Waals surface area contributed by atoms with Gasteiger partial charge in [0.2, 0.25) is 6.39 Å². The summed E-state index contributed by atoms with van der Waals surface area (Å²) >= 11 is 1.82. The Labute approximate surface area is 121 Å². The molecule has 0 unspecified atom stereocenters. The van der Waals surface area contributed by atoms with E-state index in [0.29, 0.717) is 0 Å². The highest BCUT2D eigenvalue weighted by Crippen LogP contribution is 2.27. The van der Waals surface area contributed by atoms with Gasteiger partial charge in [0, 0.05) is 29.3 Å². The molecule has 0 saturated carbocycles. The first-order valence-corrected chi connectivity index (χ1v) is 7.33. The minimum Gasteiger partial charge on any atom is -0.343 e. The standard InChI is InChI=1S/C15H15N3OS/c1-2-4-12(5-3-1)14-7-6-13(20-14)10-16-9-8-15-17-11-19-18-15/h1-7,11,16H,8-10H2. The van der Waals surface area contributed by atoms with Crippen molar-refractivity contribution in [3.05, 3.63) is 59.6 Å². The van der Waals surface area contributed by atoms with Gasteiger partial charge in [-0.3, -0.25) is 0 Å². The van der Waals surface area contributed by atoms with Crippen LogP contribution in [0.4, 0.5) is 0 Å². The molecule has 3 aromatic rings. The predicted octanol–water partition coefficient (Wildman–Crippen LogP) is 3.13. The molecule has 2 aromatic heterocycles. The second-order valence-corrected chi connectivity index (χ2v) is 5.57. The average Bonchev–Trinajstić information content (AvgIpc) is 3.16. The Balaban J connectivity index is 1.50. The van der Waals surface area contributed by atoms with Crippen LogP contribution < -0.4 is 5.32 Å². The third-order valence-electron chi connectivity index (χ3n) is 2.95. The van der Waals surface area contributed by atoms with Crippen LogP contribution in [0.1, 0.15) is 10.7 Å². The first-order valence-electron chi connectivity index (χ1n) is 6.52. The van der Waals surface area contributed by atoms with Gasteiger partial charge in [-0.1, -0.05) is 35.5 Å². The summed E-state index contributed by atoms with van der Waals surface area (Å²) in [5, 5.41) is 7.17. The largest absolute Gasteiger partial charge is 0.343 e. The van der Waals surface area contributed by atoms with E-state index in [4.69, 9.17) is 4.52 Å². The second-order valence-electron chi connectivity index (χ2n) is 4.41. The summed E-state index contributed by atoms with van der Waals surface area (Å²) in [6, 6.07) is 14.8. The fraction of sp³-hybridized carbons (Fsp3) is 0.200. The van der Waals surface area contributed by atoms with Crippen LogP contribution in [0, 0.1) is 0 Å². The summed E-state index contributed by atoms with van der Waals surface area (Å²) in [4.78, 5) is 6.63. The molecule has 102 valence electrons. The van der Waals surface area contributed by atoms with Crippen LogP contribution in [0.5, 0.6) is 0 Å². The Bertz CT molecular complexity index is 634. The quantitative estimate of drug-likeness (QED) is 0.707. The highest BCUT2D eigenvalue weighted by Gasteiger charge is 2.03. The molecule has 0 amide bonds. The summed E-state index contributed by atoms with van der Waals surface area (Å²) in [6.07, 6.45) is 2.15. The third-order valence-corrected chi connectivity index (χ3v) is 4.09. The minimum absolute atomic E-state index is 0.744. The first-order chi connectivity index (χ1) is 9.92. The zero-order chi connectivity index (χ0) is 13.6. The smallest absolute Gasteiger partial charge is 0.213 e. The Hall–Kier alpha value is -1.98. The molecule has 0 bridgehead atoms. The van der Waals surface area contributed by atoms with Crippen molar-refractivity contribution >= 4 is 11.3 Å². The Morgan fingerprint density at radius 1 is 1.10 bits per heavy atom. The van der Waals surface area contributed by atoms with Crippen molar-refractivity contribution in [2.24, 2.45) is 0 Å². The Kier molecular flexibility index (Phi) is 4.20. The molecule has 0 spiro atoms. The van der Waals surface area contributed by atoms with E-state index in [0.717, 1.165) is 25.3 Å². The lowest BCUT2D eigenvalue weighted by molar-refractivity contribution is 0.409. The Morgan fingerprint density at radius 3 is 2.80 bits per heavy atom. The normalized spacial score (nSPS) is 10.8. The molecule has 1 aromatic carbocycles. The molecule has 0 atom stereocenters. The monoisotopic (exact) mass is 285 g/mol. The second kappa shape index (κ2) is 6.45. The van der Waals surface area contributed by atoms with Crippen molar-refractivity contribution in [2.75, 3.05) is 6.54 Å². The molecule has 5 heteroatoms. The van der Waals surface area contributed by atoms with E-state index in [1.54, 1.807) is 0 Å². The van der Waals surface area contributed by atoms with Gasteiger partial charge in [-0.15, -0.1) is 11.3 Å². The zero-order valence-corrected chi connectivity index (χ0v) is 11.8. The third kappa shape index (κ3) is 3.31. The van der Waals surface area contributed by atoms with Gasteiger partial charge >= 0.3 is 0 Å². The molecule has 2 heterocycles. The molecule has 0 fully saturated rings. The van der Waals surface area contributed by atoms with Crippen molar-refractivity contribution in [1.29, 1.82) is 0 Å². The molecule has 1 N–H and O–H groups in total. The highest BCUT2D eigenvalue weighted by molar-refractivity contribution is 7.15. The summed E-state index contributed by atoms with van der Waals surface area (Å²) in [6.45, 7) is 1.72. The molecular weight excluding hydrogens is 270 g/mol. The number of rotatable bonds is 6. The van der Waals surface area contributed by atoms with Gasteiger partial charge in [0.05, 0.1) is 0 Å². The van der Waals surface area contributed by atoms with Crippen LogP contribution in [0.2, 0.25) is 0 Å². The molecule has 0 aliphatic rings. The number of nitrogens with one attached hydrogen (secondary N) is 1. The van der Waals surface area contributed by atoms with Crippen LogP contribution in [0.15, 0.2) is 53.4 Å². The van der Waals surface area contributed by atoms with Gasteiger partial charge < -0.3 is 9.84 Å². The van der Waals surface area contributed by atoms with Crippen LogP contribution in [0.3, 0.4) is 0 Å². The molecule has 0 aliphatic carbocycles. The van der Waals surface area contributed by atoms with Gasteiger partial charge in [-0.05, 0) is 17.7 Å². The van der Waals surface area contributed by atoms with E-state index in [2.05, 4.69) is 51.9 Å². The molecule has 0 saturated heterocycles. The maximum atomic E-state index is 4.70. The Morgan fingerprint density at radius 2 is 2.00 bits per heavy atom. The predicted molar refractivity (Wildman–Crippen MR) is 79.5 cm³/mol. The number of thiophene rings is 1. The van der Waals surface area contributed by atoms with Crippen LogP contribution in [0.25, 0.3) is 10.4 Å². The van der Waals surface area contributed by atoms with Gasteiger partial charge in [-0.25, -0.2) is 0 Å². The van der Waals surface area contributed by atoms with Crippen molar-refractivity contribution in [2.45, 2.75) is 13.0 Å². The van der Waals surface area contributed by atoms with Crippen molar-refractivity contribution in [1.82, 2.24) is 15.5 Å². The fourth-order valence-corrected chi connectivity index (χ4v) is 2.93. The number of hydrogen-bond acceptors (Lipinski definition) is 5. The average molecular weight is 285 g/mol. The molecule has 4 nitrogen and oxygen atoms in total. The molecule has 0 aliphatic heterocycles. The van der Waals surface area contributed by atoms with E-state index < -0.39 is 0 Å². The maximum absolute atomic E-state index is 4.70. The van der Waals surface area contributed by atoms with Crippen molar-refractivity contribution in [3.8, 4) is 10.4 Å². The topological polar surface area (TPSA) is 51.0 Å². The van der Waals surface area contributed by atoms with Crippen molar-refractivity contribution < 1.29 is 4.52 Å². The van der Waals surface area contributed by atoms with Gasteiger partial charge in [-0.2, -0.15) is 4.98 Å². The zero-order valence-electron chi connectivity index (χ0n) is 11.0. The lowest BCUT2D eigenvalue weighted by atomic mass is 10.2. The van der Waals surface area contributed by atoms with Crippen molar-refractivity contribution in [3.63, 3.8) is 0 Å². The summed E-state index contributed by atoms with van der Waals surface area (Å²) in [7, 11) is 0. The van der Waals surface area contributed by atoms with E-state index in [9.17, 15) is 0 Å². The SMILES string of the molecule is c1ccc(-c2ccc(CNCCc3ncon3)s2)cc1. The lowest BCUT2D eigenvalue weighted by Crippen LogP contribution is -2.16. The molecule has 3 rings (SSSR count). The van der Waals surface area contributed by atoms with E-state index in [1.165, 1.54) is 21.7 Å². The number of benzene rings is 1. The fourth-order valence-electron chi connectivity index (χ4n) is 1.94. The van der Waals surface area contributed by atoms with Gasteiger partial charge in [0.15, 0.2) is 5.82 Å². The summed E-state index contributed by atoms with van der Waals surface area (Å²) < 4.78 is 4.70. The lowest BCUT2D eigenvalue weighted by Gasteiger charge is -2.00. The van der Waals surface area contributed by atoms with Crippen LogP contribution >= 0.6 is 11.3 Å². The molecule has 0 radical (unpaired) electrons. The molecular formula is C15H15N3OS. The highest BCUT2D eigenvalue weighted by atomic mass is 32.1. The summed E-state index contributed by atoms with van der Waals surface area (Å²) in [5.41, 5.74) is 1.27. The van der Waals surface area contributed by atoms with E-state index in [1.807, 2.05) is 17.4 Å². The minimum atomic E-state index is 0.744. The number of hydrogen-bond donors (Lipinski definition) is 1. The number of aromatic nitrogens is 2. The first kappa shape index (κ1) is 13.0. The van der Waals surface area contributed by atoms with E-state index in [-0.39, 0.29) is 0 Å². The van der Waals surface area contributed by atoms with Gasteiger partial charge in [0.1, 0.15) is 0 Å². The van der Waals surface area contributed by atoms with Gasteiger partial charge in [0.25, 0.3) is 0 Å². The maximum Gasteiger partial charge on any atom is 0.213 e. The molecule has 20 heavy (non-hydrogen) atoms. The summed E-state index contributed by atoms with van der Waals surface area (Å²) in [5.74, 6) is 0.744. The van der Waals surface area contributed by atoms with Crippen LogP contribution in [-0.2, 0) is 13.0 Å².